The third kappa shape index (κ3) is 7.37. The number of aromatic nitrogens is 1. The van der Waals surface area contributed by atoms with Crippen LogP contribution in [0.2, 0.25) is 10.0 Å². The Balaban J connectivity index is 1.54. The Morgan fingerprint density at radius 3 is 2.48 bits per heavy atom. The van der Waals surface area contributed by atoms with Crippen LogP contribution in [0.5, 0.6) is 5.75 Å². The van der Waals surface area contributed by atoms with Crippen LogP contribution in [0.4, 0.5) is 5.82 Å². The summed E-state index contributed by atoms with van der Waals surface area (Å²) in [7, 11) is 0. The van der Waals surface area contributed by atoms with Crippen molar-refractivity contribution in [2.45, 2.75) is 18.9 Å². The van der Waals surface area contributed by atoms with E-state index in [9.17, 15) is 14.7 Å². The number of halogens is 2. The standard InChI is InChI=1S/C24H23Cl2N3O4/c25-18-8-4-9-19(26)22(18)23(30)29-20(24(31)32)15-16-6-3-7-17(14-16)33-13-5-12-28-21-10-1-2-11-27-21/h1-4,6-11,14,20H,5,12-13,15H2,(H,27,28)(H,29,30)(H,31,32). The van der Waals surface area contributed by atoms with E-state index < -0.39 is 17.9 Å². The third-order valence-electron chi connectivity index (χ3n) is 4.69. The molecule has 3 aromatic rings. The fraction of sp³-hybridized carbons (Fsp3) is 0.208. The first-order chi connectivity index (χ1) is 15.9. The largest absolute Gasteiger partial charge is 0.494 e. The van der Waals surface area contributed by atoms with Gasteiger partial charge in [-0.25, -0.2) is 9.78 Å². The van der Waals surface area contributed by atoms with Crippen LogP contribution in [-0.2, 0) is 11.2 Å². The number of anilines is 1. The number of carboxylic acid groups (broad SMARTS) is 1. The van der Waals surface area contributed by atoms with Crippen molar-refractivity contribution < 1.29 is 19.4 Å². The molecule has 172 valence electrons. The first-order valence-electron chi connectivity index (χ1n) is 10.3. The zero-order valence-electron chi connectivity index (χ0n) is 17.6. The quantitative estimate of drug-likeness (QED) is 0.339. The fourth-order valence-corrected chi connectivity index (χ4v) is 3.66. The summed E-state index contributed by atoms with van der Waals surface area (Å²) in [4.78, 5) is 28.5. The first-order valence-corrected chi connectivity index (χ1v) is 11.0. The van der Waals surface area contributed by atoms with Gasteiger partial charge in [0.05, 0.1) is 22.2 Å². The van der Waals surface area contributed by atoms with Crippen molar-refractivity contribution in [3.63, 3.8) is 0 Å². The van der Waals surface area contributed by atoms with Crippen molar-refractivity contribution >= 4 is 40.9 Å². The summed E-state index contributed by atoms with van der Waals surface area (Å²) in [5.41, 5.74) is 0.751. The molecule has 3 rings (SSSR count). The lowest BCUT2D eigenvalue weighted by atomic mass is 10.0. The smallest absolute Gasteiger partial charge is 0.326 e. The summed E-state index contributed by atoms with van der Waals surface area (Å²) in [6, 6.07) is 16.3. The van der Waals surface area contributed by atoms with Gasteiger partial charge in [-0.05, 0) is 48.4 Å². The van der Waals surface area contributed by atoms with Gasteiger partial charge in [-0.1, -0.05) is 47.5 Å². The number of aliphatic carboxylic acids is 1. The monoisotopic (exact) mass is 487 g/mol. The van der Waals surface area contributed by atoms with Crippen molar-refractivity contribution in [3.05, 3.63) is 88.0 Å². The minimum Gasteiger partial charge on any atom is -0.494 e. The van der Waals surface area contributed by atoms with Gasteiger partial charge < -0.3 is 20.5 Å². The number of carboxylic acids is 1. The van der Waals surface area contributed by atoms with Crippen LogP contribution in [0.3, 0.4) is 0 Å². The maximum absolute atomic E-state index is 12.6. The van der Waals surface area contributed by atoms with E-state index in [4.69, 9.17) is 27.9 Å². The Morgan fingerprint density at radius 1 is 1.03 bits per heavy atom. The number of carbonyl (C=O) groups is 2. The lowest BCUT2D eigenvalue weighted by Gasteiger charge is -2.16. The summed E-state index contributed by atoms with van der Waals surface area (Å²) in [6.45, 7) is 1.18. The normalized spacial score (nSPS) is 11.5. The van der Waals surface area contributed by atoms with Gasteiger partial charge >= 0.3 is 5.97 Å². The van der Waals surface area contributed by atoms with E-state index in [0.29, 0.717) is 24.5 Å². The summed E-state index contributed by atoms with van der Waals surface area (Å²) in [5.74, 6) is -0.390. The molecule has 1 atom stereocenters. The summed E-state index contributed by atoms with van der Waals surface area (Å²) in [5, 5.41) is 15.6. The molecule has 0 spiro atoms. The van der Waals surface area contributed by atoms with Crippen molar-refractivity contribution in [2.75, 3.05) is 18.5 Å². The highest BCUT2D eigenvalue weighted by atomic mass is 35.5. The van der Waals surface area contributed by atoms with E-state index in [2.05, 4.69) is 15.6 Å². The number of carbonyl (C=O) groups excluding carboxylic acids is 1. The molecule has 0 bridgehead atoms. The summed E-state index contributed by atoms with van der Waals surface area (Å²) < 4.78 is 5.78. The van der Waals surface area contributed by atoms with Crippen LogP contribution in [0.1, 0.15) is 22.3 Å². The van der Waals surface area contributed by atoms with Crippen molar-refractivity contribution in [2.24, 2.45) is 0 Å². The van der Waals surface area contributed by atoms with Gasteiger partial charge in [0.2, 0.25) is 0 Å². The minimum atomic E-state index is -1.17. The molecule has 9 heteroatoms. The molecule has 1 heterocycles. The van der Waals surface area contributed by atoms with Crippen LogP contribution in [-0.4, -0.2) is 41.2 Å². The minimum absolute atomic E-state index is 0.0449. The maximum atomic E-state index is 12.6. The van der Waals surface area contributed by atoms with E-state index in [1.165, 1.54) is 12.1 Å². The molecule has 1 aromatic heterocycles. The topological polar surface area (TPSA) is 101 Å². The van der Waals surface area contributed by atoms with Crippen LogP contribution < -0.4 is 15.4 Å². The zero-order valence-corrected chi connectivity index (χ0v) is 19.1. The van der Waals surface area contributed by atoms with Crippen LogP contribution >= 0.6 is 23.2 Å². The van der Waals surface area contributed by atoms with Gasteiger partial charge in [-0.2, -0.15) is 0 Å². The van der Waals surface area contributed by atoms with Gasteiger partial charge in [0.1, 0.15) is 17.6 Å². The molecule has 33 heavy (non-hydrogen) atoms. The molecule has 0 fully saturated rings. The van der Waals surface area contributed by atoms with Gasteiger partial charge in [-0.15, -0.1) is 0 Å². The van der Waals surface area contributed by atoms with Gasteiger partial charge in [0.15, 0.2) is 0 Å². The summed E-state index contributed by atoms with van der Waals surface area (Å²) in [6.07, 6.45) is 2.55. The van der Waals surface area contributed by atoms with Crippen LogP contribution in [0.15, 0.2) is 66.9 Å². The lowest BCUT2D eigenvalue weighted by molar-refractivity contribution is -0.139. The Bertz CT molecular complexity index is 1080. The van der Waals surface area contributed by atoms with Crippen LogP contribution in [0.25, 0.3) is 0 Å². The third-order valence-corrected chi connectivity index (χ3v) is 5.32. The van der Waals surface area contributed by atoms with Crippen LogP contribution in [0, 0.1) is 0 Å². The van der Waals surface area contributed by atoms with E-state index in [0.717, 1.165) is 12.2 Å². The fourth-order valence-electron chi connectivity index (χ4n) is 3.09. The highest BCUT2D eigenvalue weighted by Gasteiger charge is 2.24. The number of hydrogen-bond acceptors (Lipinski definition) is 5. The lowest BCUT2D eigenvalue weighted by Crippen LogP contribution is -2.42. The second-order valence-corrected chi connectivity index (χ2v) is 7.97. The Labute approximate surface area is 201 Å². The summed E-state index contributed by atoms with van der Waals surface area (Å²) >= 11 is 12.1. The Hall–Kier alpha value is -3.29. The van der Waals surface area contributed by atoms with E-state index in [1.54, 1.807) is 36.5 Å². The molecule has 0 aliphatic rings. The predicted octanol–water partition coefficient (Wildman–Crippen LogP) is 4.70. The number of nitrogens with zero attached hydrogens (tertiary/aromatic N) is 1. The molecule has 7 nitrogen and oxygen atoms in total. The molecule has 0 aliphatic carbocycles. The average Bonchev–Trinajstić information content (AvgIpc) is 2.79. The van der Waals surface area contributed by atoms with Crippen molar-refractivity contribution in [1.82, 2.24) is 10.3 Å². The van der Waals surface area contributed by atoms with E-state index in [1.807, 2.05) is 18.2 Å². The SMILES string of the molecule is O=C(NC(Cc1cccc(OCCCNc2ccccn2)c1)C(=O)O)c1c(Cl)cccc1Cl. The second-order valence-electron chi connectivity index (χ2n) is 7.16. The average molecular weight is 488 g/mol. The highest BCUT2D eigenvalue weighted by Crippen LogP contribution is 2.24. The van der Waals surface area contributed by atoms with Gasteiger partial charge in [-0.3, -0.25) is 4.79 Å². The van der Waals surface area contributed by atoms with Gasteiger partial charge in [0.25, 0.3) is 5.91 Å². The molecule has 0 saturated heterocycles. The molecule has 3 N–H and O–H groups in total. The maximum Gasteiger partial charge on any atom is 0.326 e. The van der Waals surface area contributed by atoms with E-state index in [-0.39, 0.29) is 22.0 Å². The number of rotatable bonds is 11. The Kier molecular flexibility index (Phi) is 8.92. The molecule has 2 aromatic carbocycles. The van der Waals surface area contributed by atoms with Crippen molar-refractivity contribution in [1.29, 1.82) is 0 Å². The van der Waals surface area contributed by atoms with E-state index >= 15 is 0 Å². The number of nitrogens with one attached hydrogen (secondary N) is 2. The molecule has 0 aliphatic heterocycles. The second kappa shape index (κ2) is 12.1. The highest BCUT2D eigenvalue weighted by molar-refractivity contribution is 6.39. The first kappa shape index (κ1) is 24.4. The number of ether oxygens (including phenoxy) is 1. The zero-order chi connectivity index (χ0) is 23.6. The van der Waals surface area contributed by atoms with Gasteiger partial charge in [0, 0.05) is 19.2 Å². The molecule has 0 saturated carbocycles. The predicted molar refractivity (Wildman–Crippen MR) is 128 cm³/mol. The molecule has 1 amide bonds. The number of benzene rings is 2. The number of hydrogen-bond donors (Lipinski definition) is 3. The Morgan fingerprint density at radius 2 is 1.79 bits per heavy atom. The molecule has 0 radical (unpaired) electrons. The molecular weight excluding hydrogens is 465 g/mol. The molecule has 1 unspecified atom stereocenters. The number of amides is 1. The molecular formula is C24H23Cl2N3O4. The number of pyridine rings is 1. The van der Waals surface area contributed by atoms with Crippen molar-refractivity contribution in [3.8, 4) is 5.75 Å².